The minimum atomic E-state index is -0.251. The molecule has 0 saturated carbocycles. The van der Waals surface area contributed by atoms with Crippen molar-refractivity contribution in [2.75, 3.05) is 7.11 Å². The number of halogens is 1. The standard InChI is InChI=1S/C14H13FO/c1-10-5-3-4-6-12(10)13-9-11(15)7-8-14(13)16-2/h3-9H,1-2H3. The smallest absolute Gasteiger partial charge is 0.126 e. The monoisotopic (exact) mass is 216 g/mol. The zero-order chi connectivity index (χ0) is 11.5. The van der Waals surface area contributed by atoms with Crippen LogP contribution in [0, 0.1) is 12.7 Å². The maximum atomic E-state index is 13.2. The quantitative estimate of drug-likeness (QED) is 0.741. The van der Waals surface area contributed by atoms with Crippen molar-refractivity contribution in [2.45, 2.75) is 6.92 Å². The number of rotatable bonds is 2. The molecular weight excluding hydrogens is 203 g/mol. The van der Waals surface area contributed by atoms with Crippen LogP contribution >= 0.6 is 0 Å². The third kappa shape index (κ3) is 1.91. The molecule has 0 N–H and O–H groups in total. The van der Waals surface area contributed by atoms with E-state index in [0.717, 1.165) is 16.7 Å². The second-order valence-electron chi connectivity index (χ2n) is 3.66. The highest BCUT2D eigenvalue weighted by Gasteiger charge is 2.08. The van der Waals surface area contributed by atoms with Gasteiger partial charge in [0.1, 0.15) is 11.6 Å². The van der Waals surface area contributed by atoms with Crippen LogP contribution in [0.1, 0.15) is 5.56 Å². The molecule has 0 unspecified atom stereocenters. The third-order valence-corrected chi connectivity index (χ3v) is 2.60. The van der Waals surface area contributed by atoms with Gasteiger partial charge in [-0.05, 0) is 36.2 Å². The number of hydrogen-bond donors (Lipinski definition) is 0. The van der Waals surface area contributed by atoms with Crippen molar-refractivity contribution >= 4 is 0 Å². The van der Waals surface area contributed by atoms with Crippen LogP contribution in [-0.2, 0) is 0 Å². The molecule has 2 aromatic rings. The molecule has 0 saturated heterocycles. The molecule has 0 bridgehead atoms. The molecule has 0 aliphatic heterocycles. The number of methoxy groups -OCH3 is 1. The summed E-state index contributed by atoms with van der Waals surface area (Å²) >= 11 is 0. The maximum absolute atomic E-state index is 13.2. The Labute approximate surface area is 94.5 Å². The highest BCUT2D eigenvalue weighted by atomic mass is 19.1. The van der Waals surface area contributed by atoms with Gasteiger partial charge in [0, 0.05) is 5.56 Å². The van der Waals surface area contributed by atoms with Crippen LogP contribution in [0.2, 0.25) is 0 Å². The molecule has 2 aromatic carbocycles. The average Bonchev–Trinajstić information content (AvgIpc) is 2.29. The van der Waals surface area contributed by atoms with E-state index in [9.17, 15) is 4.39 Å². The summed E-state index contributed by atoms with van der Waals surface area (Å²) in [4.78, 5) is 0. The predicted molar refractivity (Wildman–Crippen MR) is 63.1 cm³/mol. The number of benzene rings is 2. The first-order valence-corrected chi connectivity index (χ1v) is 5.12. The first-order chi connectivity index (χ1) is 7.72. The topological polar surface area (TPSA) is 9.23 Å². The lowest BCUT2D eigenvalue weighted by molar-refractivity contribution is 0.415. The van der Waals surface area contributed by atoms with Crippen LogP contribution in [0.25, 0.3) is 11.1 Å². The van der Waals surface area contributed by atoms with Gasteiger partial charge in [-0.25, -0.2) is 4.39 Å². The minimum absolute atomic E-state index is 0.251. The number of hydrogen-bond acceptors (Lipinski definition) is 1. The molecular formula is C14H13FO. The van der Waals surface area contributed by atoms with Gasteiger partial charge in [0.25, 0.3) is 0 Å². The summed E-state index contributed by atoms with van der Waals surface area (Å²) < 4.78 is 18.5. The molecule has 16 heavy (non-hydrogen) atoms. The number of ether oxygens (including phenoxy) is 1. The minimum Gasteiger partial charge on any atom is -0.496 e. The molecule has 0 aliphatic carbocycles. The molecule has 1 nitrogen and oxygen atoms in total. The van der Waals surface area contributed by atoms with Crippen molar-refractivity contribution in [1.29, 1.82) is 0 Å². The molecule has 0 aliphatic rings. The SMILES string of the molecule is COc1ccc(F)cc1-c1ccccc1C. The lowest BCUT2D eigenvalue weighted by Crippen LogP contribution is -1.90. The molecule has 0 heterocycles. The van der Waals surface area contributed by atoms with Gasteiger partial charge in [-0.15, -0.1) is 0 Å². The van der Waals surface area contributed by atoms with Crippen LogP contribution in [0.15, 0.2) is 42.5 Å². The summed E-state index contributed by atoms with van der Waals surface area (Å²) in [5.41, 5.74) is 2.89. The Morgan fingerprint density at radius 1 is 1.00 bits per heavy atom. The Morgan fingerprint density at radius 2 is 1.75 bits per heavy atom. The van der Waals surface area contributed by atoms with E-state index in [1.165, 1.54) is 12.1 Å². The van der Waals surface area contributed by atoms with E-state index in [1.807, 2.05) is 31.2 Å². The first-order valence-electron chi connectivity index (χ1n) is 5.12. The summed E-state index contributed by atoms with van der Waals surface area (Å²) in [7, 11) is 1.59. The average molecular weight is 216 g/mol. The van der Waals surface area contributed by atoms with Crippen molar-refractivity contribution in [1.82, 2.24) is 0 Å². The van der Waals surface area contributed by atoms with Gasteiger partial charge in [0.2, 0.25) is 0 Å². The second-order valence-corrected chi connectivity index (χ2v) is 3.66. The van der Waals surface area contributed by atoms with Gasteiger partial charge < -0.3 is 4.74 Å². The Kier molecular flexibility index (Phi) is 2.91. The summed E-state index contributed by atoms with van der Waals surface area (Å²) in [6, 6.07) is 12.4. The number of aryl methyl sites for hydroxylation is 1. The fourth-order valence-corrected chi connectivity index (χ4v) is 1.77. The summed E-state index contributed by atoms with van der Waals surface area (Å²) in [6.07, 6.45) is 0. The molecule has 0 fully saturated rings. The fraction of sp³-hybridized carbons (Fsp3) is 0.143. The van der Waals surface area contributed by atoms with Gasteiger partial charge in [0.15, 0.2) is 0 Å². The molecule has 0 atom stereocenters. The zero-order valence-corrected chi connectivity index (χ0v) is 9.33. The molecule has 2 heteroatoms. The summed E-state index contributed by atoms with van der Waals surface area (Å²) in [6.45, 7) is 2.00. The fourth-order valence-electron chi connectivity index (χ4n) is 1.77. The first kappa shape index (κ1) is 10.7. The lowest BCUT2D eigenvalue weighted by atomic mass is 10.00. The van der Waals surface area contributed by atoms with Crippen LogP contribution < -0.4 is 4.74 Å². The molecule has 0 spiro atoms. The van der Waals surface area contributed by atoms with Gasteiger partial charge in [-0.1, -0.05) is 24.3 Å². The van der Waals surface area contributed by atoms with Gasteiger partial charge in [0.05, 0.1) is 7.11 Å². The van der Waals surface area contributed by atoms with E-state index in [1.54, 1.807) is 13.2 Å². The van der Waals surface area contributed by atoms with E-state index >= 15 is 0 Å². The van der Waals surface area contributed by atoms with E-state index in [2.05, 4.69) is 0 Å². The highest BCUT2D eigenvalue weighted by Crippen LogP contribution is 2.32. The van der Waals surface area contributed by atoms with Gasteiger partial charge in [-0.3, -0.25) is 0 Å². The van der Waals surface area contributed by atoms with Crippen molar-refractivity contribution < 1.29 is 9.13 Å². The molecule has 82 valence electrons. The Morgan fingerprint density at radius 3 is 2.44 bits per heavy atom. The summed E-state index contributed by atoms with van der Waals surface area (Å²) in [5, 5.41) is 0. The third-order valence-electron chi connectivity index (χ3n) is 2.60. The molecule has 0 radical (unpaired) electrons. The zero-order valence-electron chi connectivity index (χ0n) is 9.33. The van der Waals surface area contributed by atoms with Crippen molar-refractivity contribution in [3.8, 4) is 16.9 Å². The van der Waals surface area contributed by atoms with E-state index in [0.29, 0.717) is 5.75 Å². The van der Waals surface area contributed by atoms with Crippen LogP contribution in [0.4, 0.5) is 4.39 Å². The Bertz CT molecular complexity index is 506. The van der Waals surface area contributed by atoms with Crippen LogP contribution in [-0.4, -0.2) is 7.11 Å². The molecule has 0 aromatic heterocycles. The van der Waals surface area contributed by atoms with Crippen molar-refractivity contribution in [3.05, 3.63) is 53.8 Å². The van der Waals surface area contributed by atoms with Crippen LogP contribution in [0.5, 0.6) is 5.75 Å². The normalized spacial score (nSPS) is 10.2. The second kappa shape index (κ2) is 4.35. The van der Waals surface area contributed by atoms with Gasteiger partial charge >= 0.3 is 0 Å². The Balaban J connectivity index is 2.63. The van der Waals surface area contributed by atoms with E-state index in [4.69, 9.17) is 4.74 Å². The van der Waals surface area contributed by atoms with Crippen molar-refractivity contribution in [2.24, 2.45) is 0 Å². The largest absolute Gasteiger partial charge is 0.496 e. The lowest BCUT2D eigenvalue weighted by Gasteiger charge is -2.10. The molecule has 0 amide bonds. The maximum Gasteiger partial charge on any atom is 0.126 e. The Hall–Kier alpha value is -1.83. The van der Waals surface area contributed by atoms with Crippen molar-refractivity contribution in [3.63, 3.8) is 0 Å². The predicted octanol–water partition coefficient (Wildman–Crippen LogP) is 3.81. The highest BCUT2D eigenvalue weighted by molar-refractivity contribution is 5.73. The van der Waals surface area contributed by atoms with Crippen LogP contribution in [0.3, 0.4) is 0 Å². The van der Waals surface area contributed by atoms with Gasteiger partial charge in [-0.2, -0.15) is 0 Å². The van der Waals surface area contributed by atoms with E-state index < -0.39 is 0 Å². The molecule has 2 rings (SSSR count). The van der Waals surface area contributed by atoms with E-state index in [-0.39, 0.29) is 5.82 Å². The summed E-state index contributed by atoms with van der Waals surface area (Å²) in [5.74, 6) is 0.440.